The molecule has 0 aromatic carbocycles. The molecule has 0 saturated heterocycles. The van der Waals surface area contributed by atoms with Crippen LogP contribution in [0.4, 0.5) is 0 Å². The molecule has 4 aliphatic carbocycles. The third kappa shape index (κ3) is 6.44. The van der Waals surface area contributed by atoms with E-state index in [9.17, 15) is 0 Å². The van der Waals surface area contributed by atoms with Gasteiger partial charge >= 0.3 is 37.9 Å². The summed E-state index contributed by atoms with van der Waals surface area (Å²) >= 11 is -0.826. The number of rotatable bonds is 6. The summed E-state index contributed by atoms with van der Waals surface area (Å²) in [7, 11) is 8.50. The molecular formula is C28H46Cl2SiZr. The molecule has 8 atom stereocenters. The fourth-order valence-electron chi connectivity index (χ4n) is 7.55. The van der Waals surface area contributed by atoms with Crippen molar-refractivity contribution in [3.63, 3.8) is 0 Å². The molecule has 0 aliphatic heterocycles. The van der Waals surface area contributed by atoms with Crippen LogP contribution in [0.5, 0.6) is 0 Å². The summed E-state index contributed by atoms with van der Waals surface area (Å²) in [5, 5.41) is 0. The van der Waals surface area contributed by atoms with Gasteiger partial charge in [-0.25, -0.2) is 0 Å². The SMILES string of the molecule is CCCC1CC([Si](C)(C)C2CC(CCC)C3C=CC=CC32)C2C=CC=CC12.[CH3-].[CH3-].[Cl][Zr+2][Cl]. The zero-order chi connectivity index (χ0) is 21.7. The number of hydrogen-bond acceptors (Lipinski definition) is 0. The molecule has 2 fully saturated rings. The van der Waals surface area contributed by atoms with Gasteiger partial charge in [-0.2, -0.15) is 0 Å². The molecule has 180 valence electrons. The van der Waals surface area contributed by atoms with Crippen molar-refractivity contribution >= 4 is 25.1 Å². The standard InChI is InChI=1S/C26H40Si.2CH3.2ClH.Zr/c1-5-11-19-17-25(23-15-9-7-13-21(19)23)27(3,4)26-18-20(12-6-2)22-14-8-10-16-24(22)26;;;;;/h7-10,13-16,19-26H,5-6,11-12,17-18H2,1-4H3;2*1H3;2*1H;/q;2*-1;;;+4/p-2. The number of fused-ring (bicyclic) bond motifs is 2. The Bertz CT molecular complexity index is 614. The van der Waals surface area contributed by atoms with Gasteiger partial charge in [-0.05, 0) is 59.4 Å². The van der Waals surface area contributed by atoms with Gasteiger partial charge in [0, 0.05) is 0 Å². The van der Waals surface area contributed by atoms with Crippen molar-refractivity contribution in [2.24, 2.45) is 35.5 Å². The van der Waals surface area contributed by atoms with Crippen molar-refractivity contribution < 1.29 is 20.8 Å². The minimum atomic E-state index is -1.37. The van der Waals surface area contributed by atoms with Crippen molar-refractivity contribution in [1.82, 2.24) is 0 Å². The maximum atomic E-state index is 4.93. The van der Waals surface area contributed by atoms with Crippen LogP contribution in [0.25, 0.3) is 0 Å². The Labute approximate surface area is 220 Å². The fourth-order valence-corrected chi connectivity index (χ4v) is 12.6. The summed E-state index contributed by atoms with van der Waals surface area (Å²) < 4.78 is 0. The Morgan fingerprint density at radius 2 is 1.00 bits per heavy atom. The summed E-state index contributed by atoms with van der Waals surface area (Å²) in [6.45, 7) is 10.3. The molecule has 4 rings (SSSR count). The molecule has 0 spiro atoms. The summed E-state index contributed by atoms with van der Waals surface area (Å²) in [5.74, 6) is 5.20. The molecule has 0 heterocycles. The topological polar surface area (TPSA) is 0 Å². The molecule has 32 heavy (non-hydrogen) atoms. The monoisotopic (exact) mass is 570 g/mol. The Morgan fingerprint density at radius 3 is 1.31 bits per heavy atom. The third-order valence-corrected chi connectivity index (χ3v) is 13.9. The van der Waals surface area contributed by atoms with E-state index in [0.29, 0.717) is 0 Å². The minimum absolute atomic E-state index is 0. The van der Waals surface area contributed by atoms with Gasteiger partial charge < -0.3 is 14.9 Å². The van der Waals surface area contributed by atoms with Crippen LogP contribution in [0.3, 0.4) is 0 Å². The van der Waals surface area contributed by atoms with Crippen LogP contribution in [-0.2, 0) is 20.8 Å². The number of allylic oxidation sites excluding steroid dienone is 8. The molecule has 0 bridgehead atoms. The van der Waals surface area contributed by atoms with E-state index in [2.05, 4.69) is 75.5 Å². The number of halogens is 2. The zero-order valence-corrected chi connectivity index (χ0v) is 26.2. The van der Waals surface area contributed by atoms with E-state index >= 15 is 0 Å². The molecule has 0 aromatic rings. The zero-order valence-electron chi connectivity index (χ0n) is 21.2. The van der Waals surface area contributed by atoms with Crippen LogP contribution in [-0.4, -0.2) is 8.07 Å². The summed E-state index contributed by atoms with van der Waals surface area (Å²) in [6, 6.07) is 0. The summed E-state index contributed by atoms with van der Waals surface area (Å²) in [5.41, 5.74) is 1.95. The van der Waals surface area contributed by atoms with Crippen molar-refractivity contribution in [3.8, 4) is 0 Å². The van der Waals surface area contributed by atoms with Gasteiger partial charge in [0.25, 0.3) is 0 Å². The van der Waals surface area contributed by atoms with Gasteiger partial charge in [-0.1, -0.05) is 101 Å². The molecule has 0 radical (unpaired) electrons. The predicted molar refractivity (Wildman–Crippen MR) is 146 cm³/mol. The van der Waals surface area contributed by atoms with Gasteiger partial charge in [0.1, 0.15) is 0 Å². The molecule has 2 saturated carbocycles. The molecular weight excluding hydrogens is 527 g/mol. The normalized spacial score (nSPS) is 36.2. The van der Waals surface area contributed by atoms with E-state index in [4.69, 9.17) is 17.0 Å². The van der Waals surface area contributed by atoms with Gasteiger partial charge in [0.2, 0.25) is 0 Å². The number of hydrogen-bond donors (Lipinski definition) is 0. The first-order chi connectivity index (χ1) is 14.5. The second kappa shape index (κ2) is 14.3. The van der Waals surface area contributed by atoms with E-state index in [0.717, 1.165) is 46.6 Å². The second-order valence-corrected chi connectivity index (χ2v) is 19.4. The average molecular weight is 573 g/mol. The molecule has 0 nitrogen and oxygen atoms in total. The Kier molecular flexibility index (Phi) is 13.7. The van der Waals surface area contributed by atoms with E-state index in [-0.39, 0.29) is 14.9 Å². The second-order valence-electron chi connectivity index (χ2n) is 10.5. The maximum absolute atomic E-state index is 4.93. The summed E-state index contributed by atoms with van der Waals surface area (Å²) in [6.07, 6.45) is 28.3. The average Bonchev–Trinajstić information content (AvgIpc) is 3.30. The van der Waals surface area contributed by atoms with Crippen LogP contribution >= 0.6 is 17.0 Å². The molecule has 0 amide bonds. The summed E-state index contributed by atoms with van der Waals surface area (Å²) in [4.78, 5) is 0. The van der Waals surface area contributed by atoms with E-state index in [1.54, 1.807) is 0 Å². The first-order valence-corrected chi connectivity index (χ1v) is 21.6. The van der Waals surface area contributed by atoms with E-state index in [1.807, 2.05) is 0 Å². The van der Waals surface area contributed by atoms with Crippen LogP contribution in [0.1, 0.15) is 52.4 Å². The Morgan fingerprint density at radius 1 is 0.688 bits per heavy atom. The Hall–Kier alpha value is 0.640. The van der Waals surface area contributed by atoms with Crippen LogP contribution < -0.4 is 0 Å². The predicted octanol–water partition coefficient (Wildman–Crippen LogP) is 10.1. The van der Waals surface area contributed by atoms with Crippen LogP contribution in [0.15, 0.2) is 48.6 Å². The van der Waals surface area contributed by atoms with E-state index < -0.39 is 28.9 Å². The van der Waals surface area contributed by atoms with E-state index in [1.165, 1.54) is 38.5 Å². The van der Waals surface area contributed by atoms with Crippen molar-refractivity contribution in [2.45, 2.75) is 76.5 Å². The molecule has 8 unspecified atom stereocenters. The van der Waals surface area contributed by atoms with Crippen molar-refractivity contribution in [3.05, 3.63) is 63.5 Å². The van der Waals surface area contributed by atoms with Crippen molar-refractivity contribution in [1.29, 1.82) is 0 Å². The molecule has 4 aliphatic rings. The molecule has 4 heteroatoms. The van der Waals surface area contributed by atoms with Crippen LogP contribution in [0.2, 0.25) is 24.2 Å². The first kappa shape index (κ1) is 30.7. The van der Waals surface area contributed by atoms with Crippen molar-refractivity contribution in [2.75, 3.05) is 0 Å². The first-order valence-electron chi connectivity index (χ1n) is 12.2. The van der Waals surface area contributed by atoms with Gasteiger partial charge in [0.15, 0.2) is 0 Å². The Balaban J connectivity index is 0.000000971. The van der Waals surface area contributed by atoms with Gasteiger partial charge in [-0.3, -0.25) is 0 Å². The quantitative estimate of drug-likeness (QED) is 0.219. The van der Waals surface area contributed by atoms with Gasteiger partial charge in [0.05, 0.1) is 8.07 Å². The molecule has 0 aromatic heterocycles. The molecule has 0 N–H and O–H groups in total. The fraction of sp³-hybridized carbons (Fsp3) is 0.643. The van der Waals surface area contributed by atoms with Gasteiger partial charge in [-0.15, -0.1) is 0 Å². The third-order valence-electron chi connectivity index (χ3n) is 8.81. The van der Waals surface area contributed by atoms with Crippen LogP contribution in [0, 0.1) is 50.4 Å².